The van der Waals surface area contributed by atoms with Gasteiger partial charge in [-0.3, -0.25) is 4.79 Å². The molecule has 1 saturated heterocycles. The molecule has 100 valence electrons. The quantitative estimate of drug-likeness (QED) is 0.738. The summed E-state index contributed by atoms with van der Waals surface area (Å²) < 4.78 is 5.52. The van der Waals surface area contributed by atoms with Crippen LogP contribution in [0.4, 0.5) is 0 Å². The third-order valence-electron chi connectivity index (χ3n) is 3.08. The molecule has 0 aromatic heterocycles. The first-order chi connectivity index (χ1) is 8.09. The molecule has 1 rings (SSSR count). The van der Waals surface area contributed by atoms with Crippen molar-refractivity contribution in [1.29, 1.82) is 0 Å². The molecule has 0 bridgehead atoms. The maximum Gasteiger partial charge on any atom is 0.249 e. The third-order valence-corrected chi connectivity index (χ3v) is 3.08. The van der Waals surface area contributed by atoms with Crippen LogP contribution < -0.4 is 10.6 Å². The first-order valence-electron chi connectivity index (χ1n) is 6.72. The highest BCUT2D eigenvalue weighted by Gasteiger charge is 2.19. The number of ether oxygens (including phenoxy) is 1. The van der Waals surface area contributed by atoms with E-state index in [4.69, 9.17) is 4.74 Å². The Kier molecular flexibility index (Phi) is 6.52. The van der Waals surface area contributed by atoms with Crippen molar-refractivity contribution in [3.63, 3.8) is 0 Å². The van der Waals surface area contributed by atoms with Crippen molar-refractivity contribution in [2.24, 2.45) is 5.92 Å². The van der Waals surface area contributed by atoms with Gasteiger partial charge in [-0.2, -0.15) is 0 Å². The number of amides is 1. The van der Waals surface area contributed by atoms with E-state index in [1.165, 1.54) is 0 Å². The van der Waals surface area contributed by atoms with Gasteiger partial charge in [-0.1, -0.05) is 13.8 Å². The van der Waals surface area contributed by atoms with Crippen LogP contribution >= 0.6 is 0 Å². The molecule has 0 spiro atoms. The highest BCUT2D eigenvalue weighted by atomic mass is 16.5. The smallest absolute Gasteiger partial charge is 0.249 e. The van der Waals surface area contributed by atoms with Crippen LogP contribution in [0.15, 0.2) is 0 Å². The van der Waals surface area contributed by atoms with E-state index in [2.05, 4.69) is 24.5 Å². The Hall–Kier alpha value is -0.610. The average Bonchev–Trinajstić information content (AvgIpc) is 2.29. The molecule has 1 amide bonds. The summed E-state index contributed by atoms with van der Waals surface area (Å²) in [5.41, 5.74) is 0. The van der Waals surface area contributed by atoms with Crippen LogP contribution in [0.3, 0.4) is 0 Å². The molecule has 0 aliphatic carbocycles. The zero-order valence-corrected chi connectivity index (χ0v) is 11.3. The van der Waals surface area contributed by atoms with Gasteiger partial charge in [0.1, 0.15) is 6.10 Å². The monoisotopic (exact) mass is 242 g/mol. The maximum atomic E-state index is 11.8. The predicted octanol–water partition coefficient (Wildman–Crippen LogP) is 1.31. The molecule has 2 unspecified atom stereocenters. The van der Waals surface area contributed by atoms with Crippen LogP contribution in [-0.2, 0) is 9.53 Å². The molecule has 2 N–H and O–H groups in total. The molecule has 0 saturated carbocycles. The summed E-state index contributed by atoms with van der Waals surface area (Å²) in [7, 11) is 0. The number of hydrogen-bond donors (Lipinski definition) is 2. The van der Waals surface area contributed by atoms with Gasteiger partial charge in [0.05, 0.1) is 0 Å². The van der Waals surface area contributed by atoms with E-state index in [-0.39, 0.29) is 18.1 Å². The normalized spacial score (nSPS) is 22.5. The number of piperidine rings is 1. The van der Waals surface area contributed by atoms with Crippen molar-refractivity contribution < 1.29 is 9.53 Å². The van der Waals surface area contributed by atoms with Gasteiger partial charge >= 0.3 is 0 Å². The van der Waals surface area contributed by atoms with E-state index < -0.39 is 0 Å². The van der Waals surface area contributed by atoms with Crippen LogP contribution in [0.5, 0.6) is 0 Å². The lowest BCUT2D eigenvalue weighted by Gasteiger charge is -2.25. The lowest BCUT2D eigenvalue weighted by atomic mass is 10.1. The molecule has 17 heavy (non-hydrogen) atoms. The van der Waals surface area contributed by atoms with Crippen LogP contribution in [0.25, 0.3) is 0 Å². The Morgan fingerprint density at radius 2 is 2.24 bits per heavy atom. The van der Waals surface area contributed by atoms with Gasteiger partial charge in [0.25, 0.3) is 0 Å². The predicted molar refractivity (Wildman–Crippen MR) is 68.9 cm³/mol. The summed E-state index contributed by atoms with van der Waals surface area (Å²) in [6.07, 6.45) is 2.86. The van der Waals surface area contributed by atoms with Crippen LogP contribution in [0, 0.1) is 5.92 Å². The molecule has 4 nitrogen and oxygen atoms in total. The first kappa shape index (κ1) is 14.5. The molecule has 1 aliphatic rings. The molecule has 1 heterocycles. The molecule has 4 heteroatoms. The van der Waals surface area contributed by atoms with Crippen LogP contribution in [-0.4, -0.2) is 37.7 Å². The Morgan fingerprint density at radius 1 is 1.47 bits per heavy atom. The lowest BCUT2D eigenvalue weighted by molar-refractivity contribution is -0.132. The minimum atomic E-state index is -0.337. The lowest BCUT2D eigenvalue weighted by Crippen LogP contribution is -2.48. The first-order valence-corrected chi connectivity index (χ1v) is 6.72. The van der Waals surface area contributed by atoms with E-state index >= 15 is 0 Å². The van der Waals surface area contributed by atoms with E-state index in [1.807, 2.05) is 6.92 Å². The molecule has 0 radical (unpaired) electrons. The van der Waals surface area contributed by atoms with Crippen molar-refractivity contribution in [1.82, 2.24) is 10.6 Å². The summed E-state index contributed by atoms with van der Waals surface area (Å²) in [5.74, 6) is 0.635. The van der Waals surface area contributed by atoms with Gasteiger partial charge < -0.3 is 15.4 Å². The highest BCUT2D eigenvalue weighted by Crippen LogP contribution is 2.04. The topological polar surface area (TPSA) is 50.4 Å². The Morgan fingerprint density at radius 3 is 2.82 bits per heavy atom. The molecule has 0 aromatic rings. The van der Waals surface area contributed by atoms with Crippen molar-refractivity contribution >= 4 is 5.91 Å². The Balaban J connectivity index is 2.16. The second-order valence-electron chi connectivity index (χ2n) is 5.25. The number of carbonyl (C=O) groups excluding carboxylic acids is 1. The van der Waals surface area contributed by atoms with E-state index in [9.17, 15) is 4.79 Å². The fourth-order valence-corrected chi connectivity index (χ4v) is 1.85. The number of rotatable bonds is 6. The maximum absolute atomic E-state index is 11.8. The zero-order valence-electron chi connectivity index (χ0n) is 11.3. The molecule has 2 atom stereocenters. The van der Waals surface area contributed by atoms with Crippen molar-refractivity contribution in [3.8, 4) is 0 Å². The number of carbonyl (C=O) groups is 1. The Labute approximate surface area is 104 Å². The highest BCUT2D eigenvalue weighted by molar-refractivity contribution is 5.80. The fourth-order valence-electron chi connectivity index (χ4n) is 1.85. The molecule has 1 fully saturated rings. The largest absolute Gasteiger partial charge is 0.369 e. The van der Waals surface area contributed by atoms with Gasteiger partial charge in [0.15, 0.2) is 0 Å². The van der Waals surface area contributed by atoms with Crippen molar-refractivity contribution in [2.75, 3.05) is 19.7 Å². The zero-order chi connectivity index (χ0) is 12.7. The molecule has 1 aliphatic heterocycles. The van der Waals surface area contributed by atoms with Gasteiger partial charge in [-0.05, 0) is 38.6 Å². The Bertz CT molecular complexity index is 225. The third kappa shape index (κ3) is 6.03. The second kappa shape index (κ2) is 7.67. The van der Waals surface area contributed by atoms with Gasteiger partial charge in [-0.25, -0.2) is 0 Å². The van der Waals surface area contributed by atoms with Gasteiger partial charge in [0, 0.05) is 19.2 Å². The summed E-state index contributed by atoms with van der Waals surface area (Å²) >= 11 is 0. The van der Waals surface area contributed by atoms with Crippen molar-refractivity contribution in [2.45, 2.75) is 52.2 Å². The summed E-state index contributed by atoms with van der Waals surface area (Å²) in [6, 6.07) is 0.271. The summed E-state index contributed by atoms with van der Waals surface area (Å²) in [6.45, 7) is 8.74. The molecule has 0 aromatic carbocycles. The average molecular weight is 242 g/mol. The number of nitrogens with one attached hydrogen (secondary N) is 2. The summed E-state index contributed by atoms with van der Waals surface area (Å²) in [4.78, 5) is 11.8. The SMILES string of the molecule is CC(C)CCOC(C)C(=O)NC1CCCNC1. The molecular formula is C13H26N2O2. The second-order valence-corrected chi connectivity index (χ2v) is 5.25. The van der Waals surface area contributed by atoms with E-state index in [1.54, 1.807) is 0 Å². The minimum absolute atomic E-state index is 0.0162. The fraction of sp³-hybridized carbons (Fsp3) is 0.923. The van der Waals surface area contributed by atoms with E-state index in [0.717, 1.165) is 32.4 Å². The van der Waals surface area contributed by atoms with Gasteiger partial charge in [-0.15, -0.1) is 0 Å². The van der Waals surface area contributed by atoms with Crippen molar-refractivity contribution in [3.05, 3.63) is 0 Å². The standard InChI is InChI=1S/C13H26N2O2/c1-10(2)6-8-17-11(3)13(16)15-12-5-4-7-14-9-12/h10-12,14H,4-9H2,1-3H3,(H,15,16). The number of hydrogen-bond acceptors (Lipinski definition) is 3. The van der Waals surface area contributed by atoms with Gasteiger partial charge in [0.2, 0.25) is 5.91 Å². The van der Waals surface area contributed by atoms with Crippen LogP contribution in [0.2, 0.25) is 0 Å². The summed E-state index contributed by atoms with van der Waals surface area (Å²) in [5, 5.41) is 6.31. The van der Waals surface area contributed by atoms with Crippen LogP contribution in [0.1, 0.15) is 40.0 Å². The molecular weight excluding hydrogens is 216 g/mol. The van der Waals surface area contributed by atoms with E-state index in [0.29, 0.717) is 12.5 Å². The minimum Gasteiger partial charge on any atom is -0.369 e.